The molecule has 4 rings (SSSR count). The van der Waals surface area contributed by atoms with Crippen LogP contribution in [-0.4, -0.2) is 27.8 Å². The van der Waals surface area contributed by atoms with Crippen LogP contribution in [0, 0.1) is 5.92 Å². The minimum atomic E-state index is 0.172. The molecule has 0 aliphatic carbocycles. The summed E-state index contributed by atoms with van der Waals surface area (Å²) < 4.78 is 1.83. The van der Waals surface area contributed by atoms with E-state index in [2.05, 4.69) is 21.8 Å². The van der Waals surface area contributed by atoms with E-state index >= 15 is 0 Å². The van der Waals surface area contributed by atoms with Crippen molar-refractivity contribution in [1.82, 2.24) is 20.4 Å². The molecular formula is C19H24N4O. The molecule has 2 bridgehead atoms. The first-order valence-electron chi connectivity index (χ1n) is 8.88. The molecule has 0 unspecified atom stereocenters. The lowest BCUT2D eigenvalue weighted by atomic mass is 9.89. The zero-order valence-corrected chi connectivity index (χ0v) is 13.8. The monoisotopic (exact) mass is 324 g/mol. The van der Waals surface area contributed by atoms with Gasteiger partial charge in [-0.25, -0.2) is 4.68 Å². The van der Waals surface area contributed by atoms with E-state index < -0.39 is 0 Å². The summed E-state index contributed by atoms with van der Waals surface area (Å²) in [4.78, 5) is 12.3. The van der Waals surface area contributed by atoms with E-state index in [1.54, 1.807) is 6.20 Å². The van der Waals surface area contributed by atoms with Crippen molar-refractivity contribution in [3.05, 3.63) is 48.3 Å². The van der Waals surface area contributed by atoms with Gasteiger partial charge in [0.15, 0.2) is 0 Å². The number of hydrogen-bond donors (Lipinski definition) is 2. The fourth-order valence-electron chi connectivity index (χ4n) is 4.11. The fraction of sp³-hybridized carbons (Fsp3) is 0.474. The van der Waals surface area contributed by atoms with E-state index in [4.69, 9.17) is 0 Å². The summed E-state index contributed by atoms with van der Waals surface area (Å²) in [5, 5.41) is 11.0. The molecule has 2 aliphatic heterocycles. The molecule has 1 aromatic carbocycles. The van der Waals surface area contributed by atoms with Crippen molar-refractivity contribution < 1.29 is 4.79 Å². The van der Waals surface area contributed by atoms with Crippen LogP contribution in [0.3, 0.4) is 0 Å². The third-order valence-electron chi connectivity index (χ3n) is 5.21. The Balaban J connectivity index is 1.30. The molecule has 126 valence electrons. The molecule has 5 nitrogen and oxygen atoms in total. The van der Waals surface area contributed by atoms with Crippen LogP contribution < -0.4 is 10.6 Å². The Kier molecular flexibility index (Phi) is 4.34. The van der Waals surface area contributed by atoms with Crippen molar-refractivity contribution in [3.8, 4) is 5.69 Å². The van der Waals surface area contributed by atoms with Gasteiger partial charge in [-0.2, -0.15) is 5.10 Å². The van der Waals surface area contributed by atoms with Gasteiger partial charge in [-0.3, -0.25) is 4.79 Å². The lowest BCUT2D eigenvalue weighted by molar-refractivity contribution is -0.122. The van der Waals surface area contributed by atoms with Gasteiger partial charge in [-0.05, 0) is 55.4 Å². The molecule has 0 spiro atoms. The van der Waals surface area contributed by atoms with Gasteiger partial charge in [0.05, 0.1) is 5.69 Å². The average Bonchev–Trinajstić information content (AvgIpc) is 3.23. The first-order valence-corrected chi connectivity index (χ1v) is 8.88. The summed E-state index contributed by atoms with van der Waals surface area (Å²) in [5.41, 5.74) is 2.11. The molecule has 2 aromatic rings. The zero-order chi connectivity index (χ0) is 16.4. The maximum absolute atomic E-state index is 12.3. The molecule has 1 aromatic heterocycles. The molecule has 2 N–H and O–H groups in total. The van der Waals surface area contributed by atoms with E-state index in [1.165, 1.54) is 12.8 Å². The molecule has 1 amide bonds. The van der Waals surface area contributed by atoms with Crippen molar-refractivity contribution in [2.45, 2.75) is 50.7 Å². The standard InChI is InChI=1S/C19H24N4O/c24-19(12-15-9-16-5-6-17(10-15)22-16)20-13-14-3-1-4-18(11-14)23-8-2-7-21-23/h1-4,7-8,11,15-17,22H,5-6,9-10,12-13H2,(H,20,24)/t16-,17-/m0/s1. The van der Waals surface area contributed by atoms with Crippen LogP contribution in [0.5, 0.6) is 0 Å². The highest BCUT2D eigenvalue weighted by Crippen LogP contribution is 2.32. The number of nitrogens with zero attached hydrogens (tertiary/aromatic N) is 2. The fourth-order valence-corrected chi connectivity index (χ4v) is 4.11. The van der Waals surface area contributed by atoms with E-state index in [0.717, 1.165) is 24.1 Å². The Bertz CT molecular complexity index is 685. The SMILES string of the molecule is O=C(CC1C[C@@H]2CC[C@@H](C1)N2)NCc1cccc(-n2cccn2)c1. The first-order chi connectivity index (χ1) is 11.8. The quantitative estimate of drug-likeness (QED) is 0.888. The van der Waals surface area contributed by atoms with Gasteiger partial charge in [-0.1, -0.05) is 12.1 Å². The highest BCUT2D eigenvalue weighted by Gasteiger charge is 2.34. The number of benzene rings is 1. The maximum atomic E-state index is 12.3. The van der Waals surface area contributed by atoms with Crippen molar-refractivity contribution in [1.29, 1.82) is 0 Å². The van der Waals surface area contributed by atoms with E-state index in [1.807, 2.05) is 35.1 Å². The van der Waals surface area contributed by atoms with Crippen LogP contribution in [-0.2, 0) is 11.3 Å². The Labute approximate surface area is 142 Å². The number of rotatable bonds is 5. The number of piperidine rings is 1. The Morgan fingerprint density at radius 3 is 2.83 bits per heavy atom. The lowest BCUT2D eigenvalue weighted by Crippen LogP contribution is -2.39. The Morgan fingerprint density at radius 1 is 1.25 bits per heavy atom. The highest BCUT2D eigenvalue weighted by atomic mass is 16.1. The Morgan fingerprint density at radius 2 is 2.08 bits per heavy atom. The summed E-state index contributed by atoms with van der Waals surface area (Å²) in [5.74, 6) is 0.713. The average molecular weight is 324 g/mol. The second-order valence-electron chi connectivity index (χ2n) is 7.08. The van der Waals surface area contributed by atoms with Gasteiger partial charge in [0.2, 0.25) is 5.91 Å². The largest absolute Gasteiger partial charge is 0.352 e. The molecule has 2 saturated heterocycles. The Hall–Kier alpha value is -2.14. The van der Waals surface area contributed by atoms with E-state index in [9.17, 15) is 4.79 Å². The zero-order valence-electron chi connectivity index (χ0n) is 13.8. The number of amides is 1. The predicted octanol–water partition coefficient (Wildman–Crippen LogP) is 2.41. The van der Waals surface area contributed by atoms with Crippen LogP contribution >= 0.6 is 0 Å². The van der Waals surface area contributed by atoms with Crippen molar-refractivity contribution in [2.24, 2.45) is 5.92 Å². The third kappa shape index (κ3) is 3.51. The summed E-state index contributed by atoms with van der Waals surface area (Å²) in [7, 11) is 0. The smallest absolute Gasteiger partial charge is 0.220 e. The van der Waals surface area contributed by atoms with Crippen LogP contribution in [0.25, 0.3) is 5.69 Å². The molecule has 24 heavy (non-hydrogen) atoms. The molecule has 0 saturated carbocycles. The number of aromatic nitrogens is 2. The summed E-state index contributed by atoms with van der Waals surface area (Å²) in [6, 6.07) is 11.3. The number of fused-ring (bicyclic) bond motifs is 2. The molecule has 2 aliphatic rings. The van der Waals surface area contributed by atoms with Gasteiger partial charge < -0.3 is 10.6 Å². The second-order valence-corrected chi connectivity index (χ2v) is 7.08. The second kappa shape index (κ2) is 6.77. The van der Waals surface area contributed by atoms with Gasteiger partial charge >= 0.3 is 0 Å². The van der Waals surface area contributed by atoms with E-state index in [0.29, 0.717) is 31.0 Å². The van der Waals surface area contributed by atoms with E-state index in [-0.39, 0.29) is 5.91 Å². The van der Waals surface area contributed by atoms with Crippen LogP contribution in [0.15, 0.2) is 42.7 Å². The molecule has 3 heterocycles. The van der Waals surface area contributed by atoms with Crippen LogP contribution in [0.4, 0.5) is 0 Å². The molecule has 2 atom stereocenters. The van der Waals surface area contributed by atoms with Crippen LogP contribution in [0.1, 0.15) is 37.7 Å². The molecule has 0 radical (unpaired) electrons. The van der Waals surface area contributed by atoms with Crippen molar-refractivity contribution in [3.63, 3.8) is 0 Å². The van der Waals surface area contributed by atoms with Crippen molar-refractivity contribution >= 4 is 5.91 Å². The number of hydrogen-bond acceptors (Lipinski definition) is 3. The van der Waals surface area contributed by atoms with Crippen LogP contribution in [0.2, 0.25) is 0 Å². The first kappa shape index (κ1) is 15.4. The summed E-state index contributed by atoms with van der Waals surface area (Å²) >= 11 is 0. The van der Waals surface area contributed by atoms with Gasteiger partial charge in [0, 0.05) is 37.4 Å². The topological polar surface area (TPSA) is 59.0 Å². The van der Waals surface area contributed by atoms with Gasteiger partial charge in [-0.15, -0.1) is 0 Å². The lowest BCUT2D eigenvalue weighted by Gasteiger charge is -2.28. The minimum absolute atomic E-state index is 0.172. The molecular weight excluding hydrogens is 300 g/mol. The normalized spacial score (nSPS) is 25.6. The highest BCUT2D eigenvalue weighted by molar-refractivity contribution is 5.76. The maximum Gasteiger partial charge on any atom is 0.220 e. The van der Waals surface area contributed by atoms with Gasteiger partial charge in [0.1, 0.15) is 0 Å². The summed E-state index contributed by atoms with van der Waals surface area (Å²) in [6.07, 6.45) is 9.21. The molecule has 5 heteroatoms. The summed E-state index contributed by atoms with van der Waals surface area (Å²) in [6.45, 7) is 0.575. The predicted molar refractivity (Wildman–Crippen MR) is 92.7 cm³/mol. The number of carbonyl (C=O) groups excluding carboxylic acids is 1. The number of nitrogens with one attached hydrogen (secondary N) is 2. The third-order valence-corrected chi connectivity index (χ3v) is 5.21. The molecule has 2 fully saturated rings. The number of carbonyl (C=O) groups is 1. The van der Waals surface area contributed by atoms with Crippen molar-refractivity contribution in [2.75, 3.05) is 0 Å². The van der Waals surface area contributed by atoms with Gasteiger partial charge in [0.25, 0.3) is 0 Å². The minimum Gasteiger partial charge on any atom is -0.352 e.